The first-order chi connectivity index (χ1) is 14.6. The van der Waals surface area contributed by atoms with E-state index in [-0.39, 0.29) is 17.5 Å². The molecular formula is C20H16F4N2O5. The first kappa shape index (κ1) is 22.1. The Kier molecular flexibility index (Phi) is 6.42. The highest BCUT2D eigenvalue weighted by Crippen LogP contribution is 2.38. The van der Waals surface area contributed by atoms with Crippen molar-refractivity contribution in [2.45, 2.75) is 31.0 Å². The number of carbonyl (C=O) groups is 1. The summed E-state index contributed by atoms with van der Waals surface area (Å²) < 4.78 is 55.4. The lowest BCUT2D eigenvalue weighted by atomic mass is 9.77. The summed E-state index contributed by atoms with van der Waals surface area (Å²) in [5.41, 5.74) is 1.64. The number of aromatic amines is 2. The van der Waals surface area contributed by atoms with Gasteiger partial charge in [-0.05, 0) is 42.5 Å². The Hall–Kier alpha value is -3.63. The number of rotatable bonds is 4. The van der Waals surface area contributed by atoms with Crippen LogP contribution >= 0.6 is 0 Å². The van der Waals surface area contributed by atoms with Crippen molar-refractivity contribution in [3.63, 3.8) is 0 Å². The van der Waals surface area contributed by atoms with E-state index in [9.17, 15) is 22.4 Å². The zero-order chi connectivity index (χ0) is 22.6. The third-order valence-corrected chi connectivity index (χ3v) is 4.55. The van der Waals surface area contributed by atoms with Crippen LogP contribution in [0, 0.1) is 5.82 Å². The molecule has 2 aromatic heterocycles. The van der Waals surface area contributed by atoms with Crippen molar-refractivity contribution in [1.82, 2.24) is 5.16 Å². The minimum atomic E-state index is -5.19. The molecular weight excluding hydrogens is 424 g/mol. The lowest BCUT2D eigenvalue weighted by Crippen LogP contribution is -2.37. The molecule has 0 unspecified atom stereocenters. The van der Waals surface area contributed by atoms with Crippen LogP contribution in [-0.4, -0.2) is 23.4 Å². The van der Waals surface area contributed by atoms with E-state index in [0.717, 1.165) is 24.0 Å². The van der Waals surface area contributed by atoms with E-state index in [4.69, 9.17) is 19.2 Å². The molecule has 0 spiro atoms. The molecule has 164 valence electrons. The molecule has 0 bridgehead atoms. The Morgan fingerprint density at radius 2 is 1.81 bits per heavy atom. The second-order valence-corrected chi connectivity index (χ2v) is 6.76. The Bertz CT molecular complexity index is 1070. The summed E-state index contributed by atoms with van der Waals surface area (Å²) in [5.74, 6) is -1.66. The number of aromatic nitrogens is 2. The molecule has 0 atom stereocenters. The molecule has 2 heterocycles. The largest absolute Gasteiger partial charge is 0.542 e. The zero-order valence-corrected chi connectivity index (χ0v) is 15.7. The lowest BCUT2D eigenvalue weighted by Gasteiger charge is -2.34. The predicted octanol–water partition coefficient (Wildman–Crippen LogP) is 2.21. The fourth-order valence-corrected chi connectivity index (χ4v) is 2.91. The van der Waals surface area contributed by atoms with Crippen LogP contribution < -0.4 is 20.4 Å². The van der Waals surface area contributed by atoms with Gasteiger partial charge in [-0.25, -0.2) is 4.39 Å². The summed E-state index contributed by atoms with van der Waals surface area (Å²) in [4.78, 5) is 22.9. The Morgan fingerprint density at radius 1 is 1.16 bits per heavy atom. The highest BCUT2D eigenvalue weighted by atomic mass is 19.4. The summed E-state index contributed by atoms with van der Waals surface area (Å²) in [6.07, 6.45) is -1.49. The molecule has 0 aliphatic heterocycles. The molecule has 4 rings (SSSR count). The van der Waals surface area contributed by atoms with Crippen LogP contribution in [0.3, 0.4) is 0 Å². The lowest BCUT2D eigenvalue weighted by molar-refractivity contribution is -0.397. The van der Waals surface area contributed by atoms with Gasteiger partial charge in [0.1, 0.15) is 17.9 Å². The average Bonchev–Trinajstić information content (AvgIpc) is 3.12. The van der Waals surface area contributed by atoms with Crippen molar-refractivity contribution < 1.29 is 41.7 Å². The van der Waals surface area contributed by atoms with E-state index in [0.29, 0.717) is 17.6 Å². The molecule has 1 aromatic carbocycles. The smallest absolute Gasteiger partial charge is 0.430 e. The second kappa shape index (κ2) is 9.02. The van der Waals surface area contributed by atoms with Crippen LogP contribution in [0.1, 0.15) is 24.3 Å². The summed E-state index contributed by atoms with van der Waals surface area (Å²) in [7, 11) is 0. The van der Waals surface area contributed by atoms with Crippen LogP contribution in [0.15, 0.2) is 58.0 Å². The standard InChI is InChI=1S/C18H15FN2O3.C2HF3O2/c19-14-4-1-11(2-5-14)13-7-15(8-13)23-18-6-3-12(10-20-18)16-9-17(22)21-24-16;3-2(4,5)1(6)7/h1-6,9-10,13,15H,7-8H2,(H,21,22);(H,6,7). The number of pyridine rings is 1. The van der Waals surface area contributed by atoms with Crippen LogP contribution in [0.5, 0.6) is 5.88 Å². The maximum Gasteiger partial charge on any atom is 0.430 e. The molecule has 31 heavy (non-hydrogen) atoms. The van der Waals surface area contributed by atoms with Gasteiger partial charge in [0.15, 0.2) is 12.0 Å². The first-order valence-electron chi connectivity index (χ1n) is 9.02. The van der Waals surface area contributed by atoms with Gasteiger partial charge in [0.2, 0.25) is 0 Å². The van der Waals surface area contributed by atoms with Crippen LogP contribution in [0.25, 0.3) is 11.3 Å². The minimum absolute atomic E-state index is 0.146. The number of nitrogens with one attached hydrogen (secondary N) is 2. The van der Waals surface area contributed by atoms with Gasteiger partial charge >= 0.3 is 12.1 Å². The third kappa shape index (κ3) is 5.93. The van der Waals surface area contributed by atoms with Crippen LogP contribution in [0.4, 0.5) is 17.6 Å². The number of carboxylic acids is 1. The maximum atomic E-state index is 12.9. The van der Waals surface area contributed by atoms with E-state index >= 15 is 0 Å². The summed E-state index contributed by atoms with van der Waals surface area (Å²) in [6.45, 7) is 0. The first-order valence-corrected chi connectivity index (χ1v) is 9.02. The number of ether oxygens (including phenoxy) is 1. The number of alkyl halides is 3. The Balaban J connectivity index is 0.000000339. The quantitative estimate of drug-likeness (QED) is 0.626. The molecule has 0 saturated heterocycles. The van der Waals surface area contributed by atoms with E-state index in [1.165, 1.54) is 18.2 Å². The van der Waals surface area contributed by atoms with Gasteiger partial charge in [-0.15, -0.1) is 0 Å². The van der Waals surface area contributed by atoms with Crippen molar-refractivity contribution in [3.05, 3.63) is 70.4 Å². The number of halogens is 4. The minimum Gasteiger partial charge on any atom is -0.542 e. The monoisotopic (exact) mass is 440 g/mol. The number of aliphatic carboxylic acids is 1. The van der Waals surface area contributed by atoms with Crippen molar-refractivity contribution in [2.75, 3.05) is 0 Å². The maximum absolute atomic E-state index is 12.9. The Labute approximate surface area is 172 Å². The molecule has 1 aliphatic rings. The highest BCUT2D eigenvalue weighted by molar-refractivity contribution is 5.70. The van der Waals surface area contributed by atoms with Crippen LogP contribution in [0.2, 0.25) is 0 Å². The predicted molar refractivity (Wildman–Crippen MR) is 95.2 cm³/mol. The van der Waals surface area contributed by atoms with Gasteiger partial charge in [-0.1, -0.05) is 12.1 Å². The fourth-order valence-electron chi connectivity index (χ4n) is 2.91. The molecule has 11 heteroatoms. The number of hydrogen-bond acceptors (Lipinski definition) is 5. The van der Waals surface area contributed by atoms with Crippen molar-refractivity contribution >= 4 is 5.97 Å². The van der Waals surface area contributed by atoms with Crippen molar-refractivity contribution in [2.24, 2.45) is 0 Å². The molecule has 0 amide bonds. The molecule has 3 aromatic rings. The van der Waals surface area contributed by atoms with E-state index in [1.807, 2.05) is 24.3 Å². The van der Waals surface area contributed by atoms with Crippen molar-refractivity contribution in [1.29, 1.82) is 0 Å². The third-order valence-electron chi connectivity index (χ3n) is 4.55. The van der Waals surface area contributed by atoms with Gasteiger partial charge in [0.05, 0.1) is 17.7 Å². The molecule has 7 nitrogen and oxygen atoms in total. The Morgan fingerprint density at radius 3 is 2.29 bits per heavy atom. The summed E-state index contributed by atoms with van der Waals surface area (Å²) in [5, 5.41) is 11.0. The van der Waals surface area contributed by atoms with Crippen molar-refractivity contribution in [3.8, 4) is 17.2 Å². The van der Waals surface area contributed by atoms with Gasteiger partial charge < -0.3 is 19.2 Å². The zero-order valence-electron chi connectivity index (χ0n) is 15.7. The number of carbonyl (C=O) groups excluding carboxylic acids is 1. The number of benzene rings is 1. The van der Waals surface area contributed by atoms with Gasteiger partial charge in [-0.2, -0.15) is 23.3 Å². The number of hydrogen-bond donors (Lipinski definition) is 1. The van der Waals surface area contributed by atoms with Gasteiger partial charge in [-0.3, -0.25) is 4.79 Å². The number of H-pyrrole nitrogens is 2. The van der Waals surface area contributed by atoms with E-state index in [1.54, 1.807) is 6.20 Å². The second-order valence-electron chi connectivity index (χ2n) is 6.76. The van der Waals surface area contributed by atoms with E-state index < -0.39 is 12.1 Å². The normalized spacial score (nSPS) is 17.8. The van der Waals surface area contributed by atoms with E-state index in [2.05, 4.69) is 10.1 Å². The average molecular weight is 440 g/mol. The molecule has 1 fully saturated rings. The summed E-state index contributed by atoms with van der Waals surface area (Å²) in [6, 6.07) is 11.7. The molecule has 2 N–H and O–H groups in total. The van der Waals surface area contributed by atoms with Gasteiger partial charge in [0.25, 0.3) is 5.56 Å². The SMILES string of the molecule is O=C([O-])C(F)(F)F.O=c1cc(-c2ccc(OC3CC(c4ccc(F)cc4)C3)[nH+]c2)o[nH]1. The molecule has 1 aliphatic carbocycles. The molecule has 0 radical (unpaired) electrons. The fraction of sp³-hybridized carbons (Fsp3) is 0.250. The topological polar surface area (TPSA) is 110 Å². The number of carboxylic acid groups (broad SMARTS) is 1. The molecule has 1 saturated carbocycles. The summed E-state index contributed by atoms with van der Waals surface area (Å²) >= 11 is 0. The highest BCUT2D eigenvalue weighted by Gasteiger charge is 2.33. The van der Waals surface area contributed by atoms with Gasteiger partial charge in [0, 0.05) is 0 Å². The van der Waals surface area contributed by atoms with Crippen LogP contribution in [-0.2, 0) is 4.79 Å².